The van der Waals surface area contributed by atoms with E-state index in [2.05, 4.69) is 70.2 Å². The SMILES string of the molecule is Cc1ccc2cc(-c3ncnc4c3sc3cc(CC5CCCC5)ccc34)cc(C(C)(C)C)c2n1. The van der Waals surface area contributed by atoms with Crippen LogP contribution in [0.4, 0.5) is 0 Å². The van der Waals surface area contributed by atoms with E-state index in [0.29, 0.717) is 0 Å². The second-order valence-electron chi connectivity index (χ2n) is 11.0. The molecular formula is C30H31N3S. The first kappa shape index (κ1) is 21.7. The summed E-state index contributed by atoms with van der Waals surface area (Å²) in [7, 11) is 0. The number of thiophene rings is 1. The maximum Gasteiger partial charge on any atom is 0.116 e. The van der Waals surface area contributed by atoms with Gasteiger partial charge in [-0.1, -0.05) is 64.7 Å². The van der Waals surface area contributed by atoms with E-state index in [4.69, 9.17) is 15.0 Å². The first-order valence-corrected chi connectivity index (χ1v) is 13.3. The van der Waals surface area contributed by atoms with Gasteiger partial charge in [0.25, 0.3) is 0 Å². The minimum atomic E-state index is -0.0174. The Hall–Kier alpha value is -2.85. The van der Waals surface area contributed by atoms with Crippen molar-refractivity contribution in [2.75, 3.05) is 0 Å². The van der Waals surface area contributed by atoms with Crippen molar-refractivity contribution in [2.45, 2.75) is 65.2 Å². The first-order valence-electron chi connectivity index (χ1n) is 12.5. The van der Waals surface area contributed by atoms with Crippen LogP contribution in [0, 0.1) is 12.8 Å². The zero-order chi connectivity index (χ0) is 23.4. The normalized spacial score (nSPS) is 15.2. The van der Waals surface area contributed by atoms with Crippen molar-refractivity contribution in [1.29, 1.82) is 0 Å². The molecule has 0 saturated heterocycles. The summed E-state index contributed by atoms with van der Waals surface area (Å²) < 4.78 is 2.50. The molecule has 0 N–H and O–H groups in total. The number of aromatic nitrogens is 3. The van der Waals surface area contributed by atoms with Gasteiger partial charge in [-0.15, -0.1) is 11.3 Å². The molecule has 2 aromatic carbocycles. The molecule has 1 fully saturated rings. The van der Waals surface area contributed by atoms with Crippen LogP contribution in [0.25, 0.3) is 42.5 Å². The van der Waals surface area contributed by atoms with Crippen LogP contribution in [0.2, 0.25) is 0 Å². The number of fused-ring (bicyclic) bond motifs is 4. The van der Waals surface area contributed by atoms with Crippen molar-refractivity contribution in [3.05, 3.63) is 65.6 Å². The fourth-order valence-corrected chi connectivity index (χ4v) is 6.77. The lowest BCUT2D eigenvalue weighted by atomic mass is 9.84. The van der Waals surface area contributed by atoms with E-state index in [0.717, 1.165) is 33.9 Å². The Balaban J connectivity index is 1.52. The zero-order valence-electron chi connectivity index (χ0n) is 20.5. The quantitative estimate of drug-likeness (QED) is 0.268. The molecule has 3 nitrogen and oxygen atoms in total. The minimum Gasteiger partial charge on any atom is -0.253 e. The molecule has 172 valence electrons. The summed E-state index contributed by atoms with van der Waals surface area (Å²) in [5, 5.41) is 2.41. The van der Waals surface area contributed by atoms with E-state index in [9.17, 15) is 0 Å². The summed E-state index contributed by atoms with van der Waals surface area (Å²) in [5.41, 5.74) is 8.08. The van der Waals surface area contributed by atoms with Crippen molar-refractivity contribution in [2.24, 2.45) is 5.92 Å². The molecule has 1 aliphatic carbocycles. The second-order valence-corrected chi connectivity index (χ2v) is 12.0. The van der Waals surface area contributed by atoms with Crippen LogP contribution in [-0.4, -0.2) is 15.0 Å². The monoisotopic (exact) mass is 465 g/mol. The third-order valence-electron chi connectivity index (χ3n) is 7.33. The third-order valence-corrected chi connectivity index (χ3v) is 8.48. The van der Waals surface area contributed by atoms with E-state index < -0.39 is 0 Å². The van der Waals surface area contributed by atoms with Crippen LogP contribution in [-0.2, 0) is 11.8 Å². The molecular weight excluding hydrogens is 434 g/mol. The van der Waals surface area contributed by atoms with Gasteiger partial charge in [0.1, 0.15) is 6.33 Å². The van der Waals surface area contributed by atoms with Crippen molar-refractivity contribution < 1.29 is 0 Å². The molecule has 3 aromatic heterocycles. The van der Waals surface area contributed by atoms with Gasteiger partial charge < -0.3 is 0 Å². The Kier molecular flexibility index (Phi) is 5.18. The van der Waals surface area contributed by atoms with Crippen LogP contribution < -0.4 is 0 Å². The summed E-state index contributed by atoms with van der Waals surface area (Å²) in [6, 6.07) is 15.8. The zero-order valence-corrected chi connectivity index (χ0v) is 21.3. The number of benzene rings is 2. The summed E-state index contributed by atoms with van der Waals surface area (Å²) in [6.07, 6.45) is 8.48. The largest absolute Gasteiger partial charge is 0.253 e. The lowest BCUT2D eigenvalue weighted by Gasteiger charge is -2.22. The third kappa shape index (κ3) is 3.78. The highest BCUT2D eigenvalue weighted by Gasteiger charge is 2.22. The molecule has 34 heavy (non-hydrogen) atoms. The van der Waals surface area contributed by atoms with Crippen LogP contribution in [0.3, 0.4) is 0 Å². The number of rotatable bonds is 3. The Morgan fingerprint density at radius 1 is 0.941 bits per heavy atom. The van der Waals surface area contributed by atoms with Crippen LogP contribution in [0.15, 0.2) is 48.8 Å². The minimum absolute atomic E-state index is 0.0174. The molecule has 0 atom stereocenters. The van der Waals surface area contributed by atoms with Gasteiger partial charge in [0.2, 0.25) is 0 Å². The fourth-order valence-electron chi connectivity index (χ4n) is 5.54. The predicted molar refractivity (Wildman–Crippen MR) is 145 cm³/mol. The summed E-state index contributed by atoms with van der Waals surface area (Å²) >= 11 is 1.84. The number of pyridine rings is 1. The van der Waals surface area contributed by atoms with Gasteiger partial charge in [-0.2, -0.15) is 0 Å². The van der Waals surface area contributed by atoms with Gasteiger partial charge in [0.15, 0.2) is 0 Å². The van der Waals surface area contributed by atoms with Gasteiger partial charge in [-0.05, 0) is 60.1 Å². The van der Waals surface area contributed by atoms with Crippen molar-refractivity contribution in [1.82, 2.24) is 15.0 Å². The van der Waals surface area contributed by atoms with E-state index in [1.165, 1.54) is 63.4 Å². The van der Waals surface area contributed by atoms with Crippen molar-refractivity contribution in [3.8, 4) is 11.3 Å². The fraction of sp³-hybridized carbons (Fsp3) is 0.367. The number of aryl methyl sites for hydroxylation is 1. The Morgan fingerprint density at radius 3 is 2.56 bits per heavy atom. The highest BCUT2D eigenvalue weighted by atomic mass is 32.1. The van der Waals surface area contributed by atoms with Crippen LogP contribution in [0.1, 0.15) is 63.3 Å². The second kappa shape index (κ2) is 8.13. The average molecular weight is 466 g/mol. The van der Waals surface area contributed by atoms with Crippen LogP contribution in [0.5, 0.6) is 0 Å². The molecule has 6 rings (SSSR count). The Labute approximate surface area is 205 Å². The highest BCUT2D eigenvalue weighted by Crippen LogP contribution is 2.41. The smallest absolute Gasteiger partial charge is 0.116 e. The van der Waals surface area contributed by atoms with E-state index in [1.807, 2.05) is 11.3 Å². The van der Waals surface area contributed by atoms with Crippen LogP contribution >= 0.6 is 11.3 Å². The predicted octanol–water partition coefficient (Wildman–Crippen LogP) is 8.40. The first-order chi connectivity index (χ1) is 16.4. The molecule has 0 unspecified atom stereocenters. The standard InChI is InChI=1S/C30H31N3S/c1-18-9-11-21-15-22(16-24(26(21)33-18)30(2,3)4)27-29-28(32-17-31-27)23-12-10-20(14-25(23)34-29)13-19-7-5-6-8-19/h9-12,14-17,19H,5-8,13H2,1-4H3. The van der Waals surface area contributed by atoms with Gasteiger partial charge in [-0.25, -0.2) is 9.97 Å². The van der Waals surface area contributed by atoms with E-state index in [1.54, 1.807) is 6.33 Å². The molecule has 5 aromatic rings. The number of hydrogen-bond donors (Lipinski definition) is 0. The number of hydrogen-bond acceptors (Lipinski definition) is 4. The molecule has 1 saturated carbocycles. The lowest BCUT2D eigenvalue weighted by Crippen LogP contribution is -2.13. The molecule has 1 aliphatic rings. The van der Waals surface area contributed by atoms with Crippen molar-refractivity contribution >= 4 is 42.5 Å². The maximum absolute atomic E-state index is 4.90. The molecule has 0 amide bonds. The van der Waals surface area contributed by atoms with E-state index >= 15 is 0 Å². The lowest BCUT2D eigenvalue weighted by molar-refractivity contribution is 0.547. The number of nitrogens with zero attached hydrogens (tertiary/aromatic N) is 3. The molecule has 0 aliphatic heterocycles. The van der Waals surface area contributed by atoms with Gasteiger partial charge in [-0.3, -0.25) is 4.98 Å². The molecule has 0 bridgehead atoms. The van der Waals surface area contributed by atoms with Crippen molar-refractivity contribution in [3.63, 3.8) is 0 Å². The van der Waals surface area contributed by atoms with Gasteiger partial charge in [0.05, 0.1) is 21.4 Å². The van der Waals surface area contributed by atoms with Gasteiger partial charge in [0, 0.05) is 26.7 Å². The van der Waals surface area contributed by atoms with Gasteiger partial charge >= 0.3 is 0 Å². The molecule has 0 spiro atoms. The summed E-state index contributed by atoms with van der Waals surface area (Å²) in [6.45, 7) is 8.84. The summed E-state index contributed by atoms with van der Waals surface area (Å²) in [4.78, 5) is 14.4. The topological polar surface area (TPSA) is 38.7 Å². The molecule has 0 radical (unpaired) electrons. The summed E-state index contributed by atoms with van der Waals surface area (Å²) in [5.74, 6) is 0.854. The average Bonchev–Trinajstić information content (AvgIpc) is 3.44. The Morgan fingerprint density at radius 2 is 1.76 bits per heavy atom. The maximum atomic E-state index is 4.90. The Bertz CT molecular complexity index is 1530. The molecule has 3 heterocycles. The van der Waals surface area contributed by atoms with E-state index in [-0.39, 0.29) is 5.41 Å². The highest BCUT2D eigenvalue weighted by molar-refractivity contribution is 7.26. The molecule has 4 heteroatoms.